The number of carboxylic acid groups (broad SMARTS) is 2. The first-order valence-electron chi connectivity index (χ1n) is 10.1. The van der Waals surface area contributed by atoms with Crippen LogP contribution < -0.4 is 27.4 Å². The third-order valence-electron chi connectivity index (χ3n) is 4.58. The van der Waals surface area contributed by atoms with Crippen molar-refractivity contribution in [3.05, 3.63) is 29.8 Å². The van der Waals surface area contributed by atoms with E-state index in [2.05, 4.69) is 5.32 Å². The molecule has 0 fully saturated rings. The molecule has 0 saturated carbocycles. The number of hydrogen-bond donors (Lipinski definition) is 9. The zero-order valence-electron chi connectivity index (χ0n) is 18.3. The first kappa shape index (κ1) is 28.8. The number of nitrogens with one attached hydrogen (secondary N) is 3. The maximum absolute atomic E-state index is 12.5. The van der Waals surface area contributed by atoms with Gasteiger partial charge in [0.05, 0.1) is 25.5 Å². The second kappa shape index (κ2) is 13.5. The number of aliphatic carboxylic acids is 2. The number of benzene rings is 1. The van der Waals surface area contributed by atoms with E-state index in [4.69, 9.17) is 16.6 Å². The number of aliphatic hydroxyl groups is 1. The third kappa shape index (κ3) is 10.1. The van der Waals surface area contributed by atoms with Crippen molar-refractivity contribution >= 4 is 35.6 Å². The number of aliphatic hydroxyl groups excluding tert-OH is 1. The number of aromatic hydroxyl groups is 1. The molecule has 4 amide bonds. The van der Waals surface area contributed by atoms with E-state index in [9.17, 15) is 44.1 Å². The van der Waals surface area contributed by atoms with Gasteiger partial charge in [0.1, 0.15) is 23.9 Å². The zero-order valence-corrected chi connectivity index (χ0v) is 18.3. The van der Waals surface area contributed by atoms with E-state index in [1.807, 2.05) is 10.6 Å². The molecule has 0 aliphatic rings. The fourth-order valence-corrected chi connectivity index (χ4v) is 2.78. The molecule has 192 valence electrons. The number of primary amides is 1. The molecule has 0 heterocycles. The SMILES string of the molecule is NC(=O)CC(N)C(=O)NC(CC(=O)O)C(=O)NC(CO)C(=O)NC(Cc1ccc(O)cc1)C(=O)O. The molecule has 1 rings (SSSR count). The average molecular weight is 497 g/mol. The van der Waals surface area contributed by atoms with Gasteiger partial charge in [0.2, 0.25) is 23.6 Å². The predicted molar refractivity (Wildman–Crippen MR) is 116 cm³/mol. The van der Waals surface area contributed by atoms with Gasteiger partial charge < -0.3 is 47.8 Å². The van der Waals surface area contributed by atoms with Crippen LogP contribution in [0.25, 0.3) is 0 Å². The summed E-state index contributed by atoms with van der Waals surface area (Å²) in [6.07, 6.45) is -1.70. The summed E-state index contributed by atoms with van der Waals surface area (Å²) < 4.78 is 0. The van der Waals surface area contributed by atoms with Gasteiger partial charge in [-0.1, -0.05) is 12.1 Å². The Morgan fingerprint density at radius 2 is 1.31 bits per heavy atom. The van der Waals surface area contributed by atoms with Gasteiger partial charge in [-0.15, -0.1) is 0 Å². The fourth-order valence-electron chi connectivity index (χ4n) is 2.78. The molecule has 35 heavy (non-hydrogen) atoms. The molecule has 1 aromatic rings. The lowest BCUT2D eigenvalue weighted by atomic mass is 10.1. The summed E-state index contributed by atoms with van der Waals surface area (Å²) in [5.41, 5.74) is 10.9. The number of hydrogen-bond acceptors (Lipinski definition) is 9. The quantitative estimate of drug-likeness (QED) is 0.120. The molecule has 4 atom stereocenters. The molecule has 0 aliphatic heterocycles. The van der Waals surface area contributed by atoms with E-state index in [-0.39, 0.29) is 12.2 Å². The monoisotopic (exact) mass is 497 g/mol. The molecular weight excluding hydrogens is 470 g/mol. The van der Waals surface area contributed by atoms with Crippen molar-refractivity contribution < 1.29 is 49.2 Å². The summed E-state index contributed by atoms with van der Waals surface area (Å²) in [4.78, 5) is 70.6. The van der Waals surface area contributed by atoms with Gasteiger partial charge in [-0.05, 0) is 17.7 Å². The number of phenols is 1. The van der Waals surface area contributed by atoms with E-state index >= 15 is 0 Å². The molecule has 0 aliphatic carbocycles. The lowest BCUT2D eigenvalue weighted by Crippen LogP contribution is -2.58. The van der Waals surface area contributed by atoms with Gasteiger partial charge in [0.25, 0.3) is 0 Å². The van der Waals surface area contributed by atoms with E-state index in [0.717, 1.165) is 0 Å². The van der Waals surface area contributed by atoms with Crippen molar-refractivity contribution in [2.45, 2.75) is 43.4 Å². The second-order valence-corrected chi connectivity index (χ2v) is 7.45. The number of carbonyl (C=O) groups excluding carboxylic acids is 4. The first-order chi connectivity index (χ1) is 16.3. The van der Waals surface area contributed by atoms with Crippen molar-refractivity contribution in [1.29, 1.82) is 0 Å². The molecule has 11 N–H and O–H groups in total. The highest BCUT2D eigenvalue weighted by Crippen LogP contribution is 2.11. The van der Waals surface area contributed by atoms with Crippen LogP contribution in [0.1, 0.15) is 18.4 Å². The molecule has 15 heteroatoms. The Bertz CT molecular complexity index is 952. The molecule has 0 radical (unpaired) electrons. The van der Waals surface area contributed by atoms with Crippen LogP contribution in [0.4, 0.5) is 0 Å². The van der Waals surface area contributed by atoms with Gasteiger partial charge in [-0.25, -0.2) is 4.79 Å². The summed E-state index contributed by atoms with van der Waals surface area (Å²) in [5.74, 6) is -7.23. The van der Waals surface area contributed by atoms with E-state index < -0.39 is 79.2 Å². The highest BCUT2D eigenvalue weighted by atomic mass is 16.4. The van der Waals surface area contributed by atoms with Crippen LogP contribution in [-0.2, 0) is 35.2 Å². The lowest BCUT2D eigenvalue weighted by molar-refractivity contribution is -0.143. The summed E-state index contributed by atoms with van der Waals surface area (Å²) in [6.45, 7) is -0.988. The van der Waals surface area contributed by atoms with Crippen LogP contribution in [0.2, 0.25) is 0 Å². The Kier molecular flexibility index (Phi) is 11.1. The minimum absolute atomic E-state index is 0.0497. The van der Waals surface area contributed by atoms with Crippen LogP contribution in [-0.4, -0.2) is 86.8 Å². The van der Waals surface area contributed by atoms with Gasteiger partial charge in [-0.3, -0.25) is 24.0 Å². The Morgan fingerprint density at radius 1 is 0.800 bits per heavy atom. The summed E-state index contributed by atoms with van der Waals surface area (Å²) in [6, 6.07) is -0.873. The highest BCUT2D eigenvalue weighted by molar-refractivity contribution is 5.96. The van der Waals surface area contributed by atoms with Crippen LogP contribution in [0.5, 0.6) is 5.75 Å². The van der Waals surface area contributed by atoms with Gasteiger partial charge in [0, 0.05) is 6.42 Å². The standard InChI is InChI=1S/C20H27N5O10/c21-11(6-15(22)28)17(31)23-12(7-16(29)30)18(32)25-14(8-26)19(33)24-13(20(34)35)5-9-1-3-10(27)4-2-9/h1-4,11-14,26-27H,5-8,21H2,(H2,22,28)(H,23,31)(H,24,33)(H,25,32)(H,29,30)(H,34,35). The number of carboxylic acids is 2. The number of amides is 4. The molecular formula is C20H27N5O10. The van der Waals surface area contributed by atoms with Crippen molar-refractivity contribution in [3.8, 4) is 5.75 Å². The normalized spacial score (nSPS) is 14.0. The molecule has 0 saturated heterocycles. The predicted octanol–water partition coefficient (Wildman–Crippen LogP) is -3.86. The van der Waals surface area contributed by atoms with Crippen molar-refractivity contribution in [1.82, 2.24) is 16.0 Å². The minimum Gasteiger partial charge on any atom is -0.508 e. The second-order valence-electron chi connectivity index (χ2n) is 7.45. The Balaban J connectivity index is 2.89. The smallest absolute Gasteiger partial charge is 0.326 e. The Labute approximate surface area is 198 Å². The van der Waals surface area contributed by atoms with Gasteiger partial charge in [0.15, 0.2) is 0 Å². The Morgan fingerprint density at radius 3 is 1.80 bits per heavy atom. The third-order valence-corrected chi connectivity index (χ3v) is 4.58. The summed E-state index contributed by atoms with van der Waals surface area (Å²) >= 11 is 0. The van der Waals surface area contributed by atoms with Gasteiger partial charge in [-0.2, -0.15) is 0 Å². The largest absolute Gasteiger partial charge is 0.508 e. The molecule has 1 aromatic carbocycles. The topological polar surface area (TPSA) is 271 Å². The summed E-state index contributed by atoms with van der Waals surface area (Å²) in [5, 5.41) is 43.5. The number of nitrogens with two attached hydrogens (primary N) is 2. The first-order valence-corrected chi connectivity index (χ1v) is 10.1. The zero-order chi connectivity index (χ0) is 26.7. The fraction of sp³-hybridized carbons (Fsp3) is 0.400. The number of rotatable bonds is 14. The number of carbonyl (C=O) groups is 6. The van der Waals surface area contributed by atoms with E-state index in [1.165, 1.54) is 24.3 Å². The van der Waals surface area contributed by atoms with Crippen LogP contribution in [0.15, 0.2) is 24.3 Å². The molecule has 0 aromatic heterocycles. The molecule has 15 nitrogen and oxygen atoms in total. The van der Waals surface area contributed by atoms with E-state index in [0.29, 0.717) is 5.56 Å². The van der Waals surface area contributed by atoms with Crippen molar-refractivity contribution in [2.75, 3.05) is 6.61 Å². The molecule has 0 spiro atoms. The highest BCUT2D eigenvalue weighted by Gasteiger charge is 2.31. The van der Waals surface area contributed by atoms with Crippen molar-refractivity contribution in [2.24, 2.45) is 11.5 Å². The van der Waals surface area contributed by atoms with Crippen LogP contribution >= 0.6 is 0 Å². The lowest BCUT2D eigenvalue weighted by Gasteiger charge is -2.23. The minimum atomic E-state index is -1.74. The Hall–Kier alpha value is -4.24. The average Bonchev–Trinajstić information content (AvgIpc) is 2.76. The molecule has 4 unspecified atom stereocenters. The van der Waals surface area contributed by atoms with Gasteiger partial charge >= 0.3 is 11.9 Å². The van der Waals surface area contributed by atoms with E-state index in [1.54, 1.807) is 0 Å². The maximum Gasteiger partial charge on any atom is 0.326 e. The van der Waals surface area contributed by atoms with Crippen molar-refractivity contribution in [3.63, 3.8) is 0 Å². The summed E-state index contributed by atoms with van der Waals surface area (Å²) in [7, 11) is 0. The maximum atomic E-state index is 12.5. The molecule has 0 bridgehead atoms. The number of phenolic OH excluding ortho intramolecular Hbond substituents is 1. The van der Waals surface area contributed by atoms with Crippen LogP contribution in [0.3, 0.4) is 0 Å². The van der Waals surface area contributed by atoms with Crippen LogP contribution in [0, 0.1) is 0 Å².